The van der Waals surface area contributed by atoms with Crippen LogP contribution in [0.4, 0.5) is 0 Å². The highest BCUT2D eigenvalue weighted by molar-refractivity contribution is 5.82. The van der Waals surface area contributed by atoms with Crippen molar-refractivity contribution in [2.24, 2.45) is 5.92 Å². The van der Waals surface area contributed by atoms with Crippen molar-refractivity contribution in [1.29, 1.82) is 0 Å². The average Bonchev–Trinajstić information content (AvgIpc) is 2.72. The zero-order chi connectivity index (χ0) is 12.5. The van der Waals surface area contributed by atoms with E-state index in [9.17, 15) is 4.79 Å². The number of nitrogens with zero attached hydrogens (tertiary/aromatic N) is 1. The number of amides is 1. The molecule has 1 fully saturated rings. The Hall–Kier alpha value is -1.36. The van der Waals surface area contributed by atoms with Crippen LogP contribution in [0.25, 0.3) is 0 Å². The number of aromatic amines is 1. The lowest BCUT2D eigenvalue weighted by Crippen LogP contribution is -2.52. The van der Waals surface area contributed by atoms with E-state index in [1.165, 1.54) is 19.3 Å². The number of hydrogen-bond donors (Lipinski definition) is 3. The van der Waals surface area contributed by atoms with Gasteiger partial charge in [0, 0.05) is 19.0 Å². The Morgan fingerprint density at radius 2 is 2.39 bits per heavy atom. The first-order chi connectivity index (χ1) is 8.74. The summed E-state index contributed by atoms with van der Waals surface area (Å²) in [6.45, 7) is 2.82. The molecule has 0 saturated heterocycles. The summed E-state index contributed by atoms with van der Waals surface area (Å²) in [4.78, 5) is 19.5. The van der Waals surface area contributed by atoms with Crippen LogP contribution in [0.5, 0.6) is 0 Å². The standard InChI is InChI=1S/C13H20N4O/c1-8(9-3-2-4-9)17-13(18)11-5-10-12(6-14-11)16-7-15-10/h7-9,11,14H,2-6H2,1H3,(H,15,16)(H,17,18). The zero-order valence-corrected chi connectivity index (χ0v) is 10.7. The molecule has 0 spiro atoms. The van der Waals surface area contributed by atoms with E-state index in [0.29, 0.717) is 24.9 Å². The van der Waals surface area contributed by atoms with E-state index >= 15 is 0 Å². The summed E-state index contributed by atoms with van der Waals surface area (Å²) in [5.74, 6) is 0.793. The first kappa shape index (κ1) is 11.7. The second-order valence-electron chi connectivity index (χ2n) is 5.45. The first-order valence-corrected chi connectivity index (χ1v) is 6.79. The Bertz CT molecular complexity index is 438. The molecule has 5 nitrogen and oxygen atoms in total. The molecule has 1 saturated carbocycles. The minimum atomic E-state index is -0.136. The van der Waals surface area contributed by atoms with Crippen molar-refractivity contribution in [2.75, 3.05) is 0 Å². The molecular weight excluding hydrogens is 228 g/mol. The number of carbonyl (C=O) groups is 1. The molecule has 1 amide bonds. The first-order valence-electron chi connectivity index (χ1n) is 6.79. The van der Waals surface area contributed by atoms with Crippen molar-refractivity contribution < 1.29 is 4.79 Å². The number of H-pyrrole nitrogens is 1. The number of nitrogens with one attached hydrogen (secondary N) is 3. The van der Waals surface area contributed by atoms with Crippen molar-refractivity contribution in [3.05, 3.63) is 17.7 Å². The maximum absolute atomic E-state index is 12.2. The second kappa shape index (κ2) is 4.72. The van der Waals surface area contributed by atoms with Crippen LogP contribution in [0, 0.1) is 5.92 Å². The SMILES string of the molecule is CC(NC(=O)C1Cc2nc[nH]c2CN1)C1CCC1. The lowest BCUT2D eigenvalue weighted by molar-refractivity contribution is -0.124. The van der Waals surface area contributed by atoms with E-state index in [1.807, 2.05) is 0 Å². The fourth-order valence-corrected chi connectivity index (χ4v) is 2.74. The molecule has 98 valence electrons. The summed E-state index contributed by atoms with van der Waals surface area (Å²) in [6, 6.07) is 0.164. The Labute approximate surface area is 107 Å². The molecule has 0 bridgehead atoms. The van der Waals surface area contributed by atoms with Crippen molar-refractivity contribution in [3.8, 4) is 0 Å². The zero-order valence-electron chi connectivity index (χ0n) is 10.7. The summed E-state index contributed by atoms with van der Waals surface area (Å²) in [6.07, 6.45) is 6.20. The van der Waals surface area contributed by atoms with Gasteiger partial charge in [0.25, 0.3) is 0 Å². The van der Waals surface area contributed by atoms with Gasteiger partial charge in [-0.1, -0.05) is 6.42 Å². The highest BCUT2D eigenvalue weighted by Gasteiger charge is 2.29. The number of hydrogen-bond acceptors (Lipinski definition) is 3. The van der Waals surface area contributed by atoms with E-state index < -0.39 is 0 Å². The maximum Gasteiger partial charge on any atom is 0.237 e. The van der Waals surface area contributed by atoms with Crippen LogP contribution in [-0.4, -0.2) is 28.0 Å². The largest absolute Gasteiger partial charge is 0.352 e. The second-order valence-corrected chi connectivity index (χ2v) is 5.45. The van der Waals surface area contributed by atoms with Crippen LogP contribution in [0.2, 0.25) is 0 Å². The number of fused-ring (bicyclic) bond motifs is 1. The Morgan fingerprint density at radius 1 is 1.56 bits per heavy atom. The van der Waals surface area contributed by atoms with Gasteiger partial charge in [-0.3, -0.25) is 10.1 Å². The van der Waals surface area contributed by atoms with Gasteiger partial charge in [-0.2, -0.15) is 0 Å². The third kappa shape index (κ3) is 2.14. The third-order valence-electron chi connectivity index (χ3n) is 4.27. The molecule has 1 aromatic heterocycles. The fourth-order valence-electron chi connectivity index (χ4n) is 2.74. The number of carbonyl (C=O) groups excluding carboxylic acids is 1. The topological polar surface area (TPSA) is 69.8 Å². The van der Waals surface area contributed by atoms with Crippen molar-refractivity contribution in [2.45, 2.75) is 51.2 Å². The summed E-state index contributed by atoms with van der Waals surface area (Å²) in [7, 11) is 0. The Morgan fingerprint density at radius 3 is 3.11 bits per heavy atom. The summed E-state index contributed by atoms with van der Waals surface area (Å²) >= 11 is 0. The Balaban J connectivity index is 1.57. The van der Waals surface area contributed by atoms with E-state index in [4.69, 9.17) is 0 Å². The molecule has 2 heterocycles. The van der Waals surface area contributed by atoms with Crippen LogP contribution in [-0.2, 0) is 17.8 Å². The molecule has 1 aliphatic heterocycles. The van der Waals surface area contributed by atoms with Crippen LogP contribution in [0.15, 0.2) is 6.33 Å². The van der Waals surface area contributed by atoms with Crippen LogP contribution in [0.3, 0.4) is 0 Å². The molecule has 3 N–H and O–H groups in total. The lowest BCUT2D eigenvalue weighted by atomic mass is 9.80. The van der Waals surface area contributed by atoms with E-state index in [1.54, 1.807) is 6.33 Å². The van der Waals surface area contributed by atoms with E-state index in [-0.39, 0.29) is 11.9 Å². The third-order valence-corrected chi connectivity index (χ3v) is 4.27. The summed E-state index contributed by atoms with van der Waals surface area (Å²) in [5, 5.41) is 6.39. The number of rotatable bonds is 3. The minimum absolute atomic E-state index is 0.114. The average molecular weight is 248 g/mol. The van der Waals surface area contributed by atoms with Crippen LogP contribution in [0.1, 0.15) is 37.6 Å². The van der Waals surface area contributed by atoms with E-state index in [0.717, 1.165) is 11.4 Å². The number of imidazole rings is 1. The quantitative estimate of drug-likeness (QED) is 0.738. The normalized spacial score (nSPS) is 25.1. The molecule has 1 aromatic rings. The molecule has 0 radical (unpaired) electrons. The predicted molar refractivity (Wildman–Crippen MR) is 67.9 cm³/mol. The highest BCUT2D eigenvalue weighted by Crippen LogP contribution is 2.29. The van der Waals surface area contributed by atoms with Gasteiger partial charge in [0.15, 0.2) is 0 Å². The molecule has 2 aliphatic rings. The van der Waals surface area contributed by atoms with Crippen LogP contribution >= 0.6 is 0 Å². The van der Waals surface area contributed by atoms with E-state index in [2.05, 4.69) is 27.5 Å². The Kier molecular flexibility index (Phi) is 3.07. The molecule has 18 heavy (non-hydrogen) atoms. The molecule has 2 unspecified atom stereocenters. The van der Waals surface area contributed by atoms with Gasteiger partial charge in [0.2, 0.25) is 5.91 Å². The lowest BCUT2D eigenvalue weighted by Gasteiger charge is -2.33. The molecular formula is C13H20N4O. The summed E-state index contributed by atoms with van der Waals surface area (Å²) in [5.41, 5.74) is 2.12. The van der Waals surface area contributed by atoms with Crippen molar-refractivity contribution in [3.63, 3.8) is 0 Å². The van der Waals surface area contributed by atoms with Gasteiger partial charge in [-0.15, -0.1) is 0 Å². The molecule has 2 atom stereocenters. The fraction of sp³-hybridized carbons (Fsp3) is 0.692. The predicted octanol–water partition coefficient (Wildman–Crippen LogP) is 0.729. The van der Waals surface area contributed by atoms with Crippen molar-refractivity contribution >= 4 is 5.91 Å². The van der Waals surface area contributed by atoms with Gasteiger partial charge < -0.3 is 10.3 Å². The van der Waals surface area contributed by atoms with Gasteiger partial charge in [0.05, 0.1) is 23.8 Å². The molecule has 3 rings (SSSR count). The van der Waals surface area contributed by atoms with Gasteiger partial charge in [-0.25, -0.2) is 4.98 Å². The van der Waals surface area contributed by atoms with Crippen LogP contribution < -0.4 is 10.6 Å². The molecule has 1 aliphatic carbocycles. The van der Waals surface area contributed by atoms with Gasteiger partial charge in [-0.05, 0) is 25.7 Å². The number of aromatic nitrogens is 2. The maximum atomic E-state index is 12.2. The molecule has 5 heteroatoms. The van der Waals surface area contributed by atoms with Gasteiger partial charge in [0.1, 0.15) is 0 Å². The van der Waals surface area contributed by atoms with Crippen molar-refractivity contribution in [1.82, 2.24) is 20.6 Å². The smallest absolute Gasteiger partial charge is 0.237 e. The monoisotopic (exact) mass is 248 g/mol. The van der Waals surface area contributed by atoms with Gasteiger partial charge >= 0.3 is 0 Å². The summed E-state index contributed by atoms with van der Waals surface area (Å²) < 4.78 is 0. The highest BCUT2D eigenvalue weighted by atomic mass is 16.2. The molecule has 0 aromatic carbocycles. The minimum Gasteiger partial charge on any atom is -0.352 e.